The van der Waals surface area contributed by atoms with Crippen LogP contribution < -0.4 is 5.56 Å². The van der Waals surface area contributed by atoms with E-state index in [0.29, 0.717) is 0 Å². The molecule has 0 radical (unpaired) electrons. The van der Waals surface area contributed by atoms with E-state index in [4.69, 9.17) is 0 Å². The van der Waals surface area contributed by atoms with Gasteiger partial charge in [-0.25, -0.2) is 0 Å². The smallest absolute Gasteiger partial charge is 0.274 e. The van der Waals surface area contributed by atoms with Gasteiger partial charge in [-0.15, -0.1) is 0 Å². The highest BCUT2D eigenvalue weighted by molar-refractivity contribution is 5.77. The van der Waals surface area contributed by atoms with E-state index in [0.717, 1.165) is 22.5 Å². The SMILES string of the molecule is Cc1ccc(-c2cnn3c(=O)cc(C(C)(C)C)[nH]c23)cc1. The molecule has 0 fully saturated rings. The zero-order valence-electron chi connectivity index (χ0n) is 12.8. The normalized spacial score (nSPS) is 12.0. The van der Waals surface area contributed by atoms with Crippen LogP contribution in [0.25, 0.3) is 16.8 Å². The molecule has 4 nitrogen and oxygen atoms in total. The van der Waals surface area contributed by atoms with Gasteiger partial charge in [0, 0.05) is 22.7 Å². The van der Waals surface area contributed by atoms with E-state index < -0.39 is 0 Å². The van der Waals surface area contributed by atoms with Crippen molar-refractivity contribution in [2.24, 2.45) is 0 Å². The van der Waals surface area contributed by atoms with Crippen LogP contribution in [0.3, 0.4) is 0 Å². The highest BCUT2D eigenvalue weighted by Crippen LogP contribution is 2.25. The largest absolute Gasteiger partial charge is 0.342 e. The second-order valence-electron chi connectivity index (χ2n) is 6.46. The highest BCUT2D eigenvalue weighted by atomic mass is 16.1. The van der Waals surface area contributed by atoms with Crippen molar-refractivity contribution in [3.8, 4) is 11.1 Å². The van der Waals surface area contributed by atoms with E-state index in [1.165, 1.54) is 10.1 Å². The summed E-state index contributed by atoms with van der Waals surface area (Å²) in [7, 11) is 0. The number of aryl methyl sites for hydroxylation is 1. The molecule has 0 aliphatic carbocycles. The maximum atomic E-state index is 12.2. The summed E-state index contributed by atoms with van der Waals surface area (Å²) in [6.45, 7) is 8.30. The van der Waals surface area contributed by atoms with Gasteiger partial charge >= 0.3 is 0 Å². The van der Waals surface area contributed by atoms with Gasteiger partial charge in [-0.1, -0.05) is 50.6 Å². The first-order chi connectivity index (χ1) is 9.86. The monoisotopic (exact) mass is 281 g/mol. The molecule has 3 aromatic rings. The van der Waals surface area contributed by atoms with Gasteiger partial charge in [-0.2, -0.15) is 9.61 Å². The summed E-state index contributed by atoms with van der Waals surface area (Å²) in [5.74, 6) is 0. The zero-order chi connectivity index (χ0) is 15.2. The Kier molecular flexibility index (Phi) is 2.97. The Balaban J connectivity index is 2.28. The highest BCUT2D eigenvalue weighted by Gasteiger charge is 2.18. The van der Waals surface area contributed by atoms with E-state index >= 15 is 0 Å². The maximum Gasteiger partial charge on any atom is 0.274 e. The second kappa shape index (κ2) is 4.58. The molecule has 21 heavy (non-hydrogen) atoms. The average Bonchev–Trinajstić information content (AvgIpc) is 2.83. The van der Waals surface area contributed by atoms with Crippen LogP contribution >= 0.6 is 0 Å². The molecule has 2 aromatic heterocycles. The van der Waals surface area contributed by atoms with Crippen molar-refractivity contribution in [3.63, 3.8) is 0 Å². The molecule has 0 spiro atoms. The fourth-order valence-corrected chi connectivity index (χ4v) is 2.33. The molecule has 0 amide bonds. The van der Waals surface area contributed by atoms with Crippen LogP contribution in [-0.2, 0) is 5.41 Å². The Labute approximate surface area is 123 Å². The lowest BCUT2D eigenvalue weighted by molar-refractivity contribution is 0.566. The summed E-state index contributed by atoms with van der Waals surface area (Å²) in [6.07, 6.45) is 1.74. The third-order valence-electron chi connectivity index (χ3n) is 3.67. The molecule has 0 bridgehead atoms. The number of benzene rings is 1. The molecule has 0 saturated carbocycles. The van der Waals surface area contributed by atoms with Crippen LogP contribution in [0.1, 0.15) is 32.0 Å². The Hall–Kier alpha value is -2.36. The third kappa shape index (κ3) is 2.37. The van der Waals surface area contributed by atoms with Crippen molar-refractivity contribution in [2.45, 2.75) is 33.1 Å². The minimum Gasteiger partial charge on any atom is -0.342 e. The lowest BCUT2D eigenvalue weighted by Gasteiger charge is -2.18. The summed E-state index contributed by atoms with van der Waals surface area (Å²) >= 11 is 0. The predicted octanol–water partition coefficient (Wildman–Crippen LogP) is 3.30. The Bertz CT molecular complexity index is 848. The zero-order valence-corrected chi connectivity index (χ0v) is 12.8. The molecule has 0 aliphatic heterocycles. The van der Waals surface area contributed by atoms with Gasteiger partial charge in [0.25, 0.3) is 5.56 Å². The number of rotatable bonds is 1. The van der Waals surface area contributed by atoms with Gasteiger partial charge in [0.2, 0.25) is 0 Å². The lowest BCUT2D eigenvalue weighted by Crippen LogP contribution is -2.22. The van der Waals surface area contributed by atoms with Crippen molar-refractivity contribution >= 4 is 5.65 Å². The molecule has 1 N–H and O–H groups in total. The van der Waals surface area contributed by atoms with Crippen LogP contribution in [0.5, 0.6) is 0 Å². The van der Waals surface area contributed by atoms with Crippen LogP contribution in [0, 0.1) is 6.92 Å². The topological polar surface area (TPSA) is 50.2 Å². The molecule has 0 atom stereocenters. The van der Waals surface area contributed by atoms with Gasteiger partial charge in [0.05, 0.1) is 6.20 Å². The molecule has 3 rings (SSSR count). The van der Waals surface area contributed by atoms with E-state index in [9.17, 15) is 4.79 Å². The first-order valence-corrected chi connectivity index (χ1v) is 7.05. The quantitative estimate of drug-likeness (QED) is 0.744. The van der Waals surface area contributed by atoms with Gasteiger partial charge in [-0.3, -0.25) is 4.79 Å². The van der Waals surface area contributed by atoms with E-state index in [1.54, 1.807) is 12.3 Å². The standard InChI is InChI=1S/C17H19N3O/c1-11-5-7-12(8-6-11)13-10-18-20-15(21)9-14(17(2,3)4)19-16(13)20/h5-10,19H,1-4H3. The van der Waals surface area contributed by atoms with Gasteiger partial charge in [0.15, 0.2) is 0 Å². The minimum absolute atomic E-state index is 0.105. The van der Waals surface area contributed by atoms with Gasteiger partial charge < -0.3 is 4.98 Å². The summed E-state index contributed by atoms with van der Waals surface area (Å²) in [5.41, 5.74) is 4.64. The number of nitrogens with zero attached hydrogens (tertiary/aromatic N) is 2. The fourth-order valence-electron chi connectivity index (χ4n) is 2.33. The van der Waals surface area contributed by atoms with Crippen LogP contribution in [0.2, 0.25) is 0 Å². The number of hydrogen-bond donors (Lipinski definition) is 1. The molecular weight excluding hydrogens is 262 g/mol. The molecule has 108 valence electrons. The van der Waals surface area contributed by atoms with E-state index in [1.807, 2.05) is 0 Å². The van der Waals surface area contributed by atoms with Crippen LogP contribution in [0.4, 0.5) is 0 Å². The predicted molar refractivity (Wildman–Crippen MR) is 84.7 cm³/mol. The molecule has 4 heteroatoms. The van der Waals surface area contributed by atoms with Crippen molar-refractivity contribution in [2.75, 3.05) is 0 Å². The summed E-state index contributed by atoms with van der Waals surface area (Å²) in [5, 5.41) is 4.21. The summed E-state index contributed by atoms with van der Waals surface area (Å²) in [4.78, 5) is 15.6. The van der Waals surface area contributed by atoms with Gasteiger partial charge in [0.1, 0.15) is 5.65 Å². The van der Waals surface area contributed by atoms with Crippen molar-refractivity contribution < 1.29 is 0 Å². The third-order valence-corrected chi connectivity index (χ3v) is 3.67. The first kappa shape index (κ1) is 13.6. The molecule has 0 aliphatic rings. The average molecular weight is 281 g/mol. The Morgan fingerprint density at radius 2 is 1.81 bits per heavy atom. The molecule has 0 unspecified atom stereocenters. The lowest BCUT2D eigenvalue weighted by atomic mass is 9.92. The Morgan fingerprint density at radius 1 is 1.14 bits per heavy atom. The number of nitrogens with one attached hydrogen (secondary N) is 1. The number of fused-ring (bicyclic) bond motifs is 1. The van der Waals surface area contributed by atoms with Crippen LogP contribution in [-0.4, -0.2) is 14.6 Å². The molecule has 0 saturated heterocycles. The maximum absolute atomic E-state index is 12.2. The van der Waals surface area contributed by atoms with Crippen molar-refractivity contribution in [1.29, 1.82) is 0 Å². The minimum atomic E-state index is -0.115. The molecule has 1 aromatic carbocycles. The number of H-pyrrole nitrogens is 1. The van der Waals surface area contributed by atoms with E-state index in [2.05, 4.69) is 62.0 Å². The van der Waals surface area contributed by atoms with Crippen LogP contribution in [0.15, 0.2) is 41.3 Å². The number of aromatic amines is 1. The molecular formula is C17H19N3O. The van der Waals surface area contributed by atoms with Crippen molar-refractivity contribution in [1.82, 2.24) is 14.6 Å². The van der Waals surface area contributed by atoms with Crippen molar-refractivity contribution in [3.05, 3.63) is 58.1 Å². The molecule has 2 heterocycles. The first-order valence-electron chi connectivity index (χ1n) is 7.05. The number of aromatic nitrogens is 3. The number of hydrogen-bond acceptors (Lipinski definition) is 2. The fraction of sp³-hybridized carbons (Fsp3) is 0.294. The summed E-state index contributed by atoms with van der Waals surface area (Å²) < 4.78 is 1.42. The van der Waals surface area contributed by atoms with Gasteiger partial charge in [-0.05, 0) is 12.5 Å². The second-order valence-corrected chi connectivity index (χ2v) is 6.46. The Morgan fingerprint density at radius 3 is 2.43 bits per heavy atom. The van der Waals surface area contributed by atoms with E-state index in [-0.39, 0.29) is 11.0 Å². The summed E-state index contributed by atoms with van der Waals surface area (Å²) in [6, 6.07) is 9.84.